The lowest BCUT2D eigenvalue weighted by Crippen LogP contribution is -2.37. The van der Waals surface area contributed by atoms with E-state index >= 15 is 0 Å². The molecule has 2 aromatic rings. The van der Waals surface area contributed by atoms with Crippen LogP contribution in [0.25, 0.3) is 0 Å². The molecule has 0 fully saturated rings. The predicted molar refractivity (Wildman–Crippen MR) is 113 cm³/mol. The maximum absolute atomic E-state index is 11.7. The van der Waals surface area contributed by atoms with Crippen molar-refractivity contribution in [3.05, 3.63) is 71.3 Å². The number of hydrogen-bond acceptors (Lipinski definition) is 3. The molecule has 0 aromatic heterocycles. The van der Waals surface area contributed by atoms with Crippen molar-refractivity contribution in [1.82, 2.24) is 16.0 Å². The van der Waals surface area contributed by atoms with Crippen LogP contribution in [0.15, 0.2) is 59.6 Å². The summed E-state index contributed by atoms with van der Waals surface area (Å²) in [7, 11) is 3.37. The summed E-state index contributed by atoms with van der Waals surface area (Å²) < 4.78 is 5.88. The fourth-order valence-corrected chi connectivity index (χ4v) is 2.73. The van der Waals surface area contributed by atoms with Crippen LogP contribution in [0.3, 0.4) is 0 Å². The third-order valence-corrected chi connectivity index (χ3v) is 4.35. The zero-order valence-corrected chi connectivity index (χ0v) is 16.9. The van der Waals surface area contributed by atoms with Crippen molar-refractivity contribution >= 4 is 11.9 Å². The number of rotatable bonds is 9. The molecule has 2 rings (SSSR count). The van der Waals surface area contributed by atoms with Crippen LogP contribution < -0.4 is 16.0 Å². The maximum atomic E-state index is 11.7. The van der Waals surface area contributed by atoms with Crippen LogP contribution in [-0.4, -0.2) is 39.1 Å². The molecule has 0 bridgehead atoms. The van der Waals surface area contributed by atoms with Crippen molar-refractivity contribution in [2.24, 2.45) is 4.99 Å². The second-order valence-electron chi connectivity index (χ2n) is 6.41. The first-order valence-electron chi connectivity index (χ1n) is 9.56. The molecule has 0 saturated carbocycles. The molecule has 150 valence electrons. The van der Waals surface area contributed by atoms with Crippen molar-refractivity contribution < 1.29 is 9.53 Å². The van der Waals surface area contributed by atoms with E-state index in [2.05, 4.69) is 40.0 Å². The first-order chi connectivity index (χ1) is 13.6. The average molecular weight is 383 g/mol. The quantitative estimate of drug-likeness (QED) is 0.354. The van der Waals surface area contributed by atoms with Crippen molar-refractivity contribution in [2.45, 2.75) is 26.0 Å². The minimum Gasteiger partial charge on any atom is -0.374 e. The molecule has 1 unspecified atom stereocenters. The Kier molecular flexibility index (Phi) is 9.01. The lowest BCUT2D eigenvalue weighted by molar-refractivity contribution is 0.0646. The molecule has 0 radical (unpaired) electrons. The third kappa shape index (κ3) is 7.04. The highest BCUT2D eigenvalue weighted by Gasteiger charge is 2.06. The zero-order chi connectivity index (χ0) is 20.2. The molecule has 0 aliphatic heterocycles. The highest BCUT2D eigenvalue weighted by Crippen LogP contribution is 2.15. The normalized spacial score (nSPS) is 12.3. The van der Waals surface area contributed by atoms with Crippen LogP contribution in [0.5, 0.6) is 0 Å². The van der Waals surface area contributed by atoms with E-state index in [1.165, 1.54) is 5.56 Å². The number of benzene rings is 2. The largest absolute Gasteiger partial charge is 0.374 e. The Morgan fingerprint density at radius 3 is 2.61 bits per heavy atom. The van der Waals surface area contributed by atoms with Gasteiger partial charge < -0.3 is 20.7 Å². The second-order valence-corrected chi connectivity index (χ2v) is 6.41. The molecule has 1 atom stereocenters. The van der Waals surface area contributed by atoms with Crippen molar-refractivity contribution in [3.8, 4) is 0 Å². The molecular formula is C22H30N4O2. The van der Waals surface area contributed by atoms with Gasteiger partial charge >= 0.3 is 0 Å². The van der Waals surface area contributed by atoms with Gasteiger partial charge in [-0.1, -0.05) is 42.5 Å². The Hall–Kier alpha value is -2.86. The first-order valence-corrected chi connectivity index (χ1v) is 9.56. The van der Waals surface area contributed by atoms with Gasteiger partial charge in [-0.2, -0.15) is 0 Å². The Labute approximate surface area is 167 Å². The summed E-state index contributed by atoms with van der Waals surface area (Å²) >= 11 is 0. The monoisotopic (exact) mass is 382 g/mol. The SMILES string of the molecule is CN=C(NCCCOC(C)c1ccccc1)NCc1cccc(C(=O)NC)c1. The molecule has 0 aliphatic carbocycles. The van der Waals surface area contributed by atoms with Gasteiger partial charge in [0.05, 0.1) is 6.10 Å². The number of carbonyl (C=O) groups is 1. The van der Waals surface area contributed by atoms with Gasteiger partial charge in [0.2, 0.25) is 0 Å². The second kappa shape index (κ2) is 11.8. The topological polar surface area (TPSA) is 74.8 Å². The minimum atomic E-state index is -0.0888. The Balaban J connectivity index is 1.68. The lowest BCUT2D eigenvalue weighted by Gasteiger charge is -2.15. The number of hydrogen-bond donors (Lipinski definition) is 3. The van der Waals surface area contributed by atoms with Gasteiger partial charge in [0.25, 0.3) is 5.91 Å². The van der Waals surface area contributed by atoms with E-state index in [1.807, 2.05) is 36.4 Å². The van der Waals surface area contributed by atoms with Gasteiger partial charge in [0, 0.05) is 39.4 Å². The van der Waals surface area contributed by atoms with E-state index in [-0.39, 0.29) is 12.0 Å². The number of amides is 1. The molecule has 2 aromatic carbocycles. The highest BCUT2D eigenvalue weighted by molar-refractivity contribution is 5.94. The van der Waals surface area contributed by atoms with Crippen molar-refractivity contribution in [3.63, 3.8) is 0 Å². The summed E-state index contributed by atoms with van der Waals surface area (Å²) in [5.41, 5.74) is 2.85. The molecule has 0 spiro atoms. The third-order valence-electron chi connectivity index (χ3n) is 4.35. The molecule has 1 amide bonds. The average Bonchev–Trinajstić information content (AvgIpc) is 2.75. The van der Waals surface area contributed by atoms with E-state index < -0.39 is 0 Å². The van der Waals surface area contributed by atoms with Gasteiger partial charge in [-0.05, 0) is 36.6 Å². The molecule has 0 aliphatic rings. The van der Waals surface area contributed by atoms with Crippen LogP contribution in [0.1, 0.15) is 40.9 Å². The van der Waals surface area contributed by atoms with Gasteiger partial charge in [0.1, 0.15) is 0 Å². The van der Waals surface area contributed by atoms with Crippen LogP contribution in [0, 0.1) is 0 Å². The van der Waals surface area contributed by atoms with Gasteiger partial charge in [-0.15, -0.1) is 0 Å². The number of nitrogens with zero attached hydrogens (tertiary/aromatic N) is 1. The van der Waals surface area contributed by atoms with Gasteiger partial charge in [0.15, 0.2) is 5.96 Å². The van der Waals surface area contributed by atoms with Crippen LogP contribution in [0.2, 0.25) is 0 Å². The van der Waals surface area contributed by atoms with E-state index in [4.69, 9.17) is 4.74 Å². The Morgan fingerprint density at radius 1 is 1.11 bits per heavy atom. The Morgan fingerprint density at radius 2 is 1.89 bits per heavy atom. The molecule has 0 saturated heterocycles. The minimum absolute atomic E-state index is 0.0888. The summed E-state index contributed by atoms with van der Waals surface area (Å²) in [6.07, 6.45) is 0.968. The fraction of sp³-hybridized carbons (Fsp3) is 0.364. The van der Waals surface area contributed by atoms with Crippen molar-refractivity contribution in [1.29, 1.82) is 0 Å². The summed E-state index contributed by atoms with van der Waals surface area (Å²) in [5.74, 6) is 0.635. The van der Waals surface area contributed by atoms with Crippen LogP contribution in [0.4, 0.5) is 0 Å². The van der Waals surface area contributed by atoms with E-state index in [9.17, 15) is 4.79 Å². The van der Waals surface area contributed by atoms with Gasteiger partial charge in [-0.3, -0.25) is 9.79 Å². The lowest BCUT2D eigenvalue weighted by atomic mass is 10.1. The standard InChI is InChI=1S/C22H30N4O2/c1-17(19-10-5-4-6-11-19)28-14-8-13-25-22(24-3)26-16-18-9-7-12-20(15-18)21(27)23-2/h4-7,9-12,15,17H,8,13-14,16H2,1-3H3,(H,23,27)(H2,24,25,26). The molecule has 3 N–H and O–H groups in total. The molecule has 0 heterocycles. The molecule has 6 nitrogen and oxygen atoms in total. The highest BCUT2D eigenvalue weighted by atomic mass is 16.5. The van der Waals surface area contributed by atoms with Crippen LogP contribution in [-0.2, 0) is 11.3 Å². The molecule has 6 heteroatoms. The summed E-state index contributed by atoms with van der Waals surface area (Å²) in [6, 6.07) is 17.7. The number of nitrogens with one attached hydrogen (secondary N) is 3. The first kappa shape index (κ1) is 21.4. The zero-order valence-electron chi connectivity index (χ0n) is 16.9. The number of ether oxygens (including phenoxy) is 1. The number of aliphatic imine (C=N–C) groups is 1. The number of guanidine groups is 1. The summed E-state index contributed by atoms with van der Waals surface area (Å²) in [5, 5.41) is 9.18. The molecule has 28 heavy (non-hydrogen) atoms. The van der Waals surface area contributed by atoms with Crippen molar-refractivity contribution in [2.75, 3.05) is 27.2 Å². The van der Waals surface area contributed by atoms with E-state index in [0.717, 1.165) is 24.5 Å². The van der Waals surface area contributed by atoms with Gasteiger partial charge in [-0.25, -0.2) is 0 Å². The number of carbonyl (C=O) groups excluding carboxylic acids is 1. The van der Waals surface area contributed by atoms with E-state index in [1.54, 1.807) is 20.2 Å². The summed E-state index contributed by atoms with van der Waals surface area (Å²) in [6.45, 7) is 4.09. The van der Waals surface area contributed by atoms with Crippen LogP contribution >= 0.6 is 0 Å². The summed E-state index contributed by atoms with van der Waals surface area (Å²) in [4.78, 5) is 16.0. The fourth-order valence-electron chi connectivity index (χ4n) is 2.73. The predicted octanol–water partition coefficient (Wildman–Crippen LogP) is 2.88. The molecular weight excluding hydrogens is 352 g/mol. The van der Waals surface area contributed by atoms with E-state index in [0.29, 0.717) is 18.7 Å². The smallest absolute Gasteiger partial charge is 0.251 e. The maximum Gasteiger partial charge on any atom is 0.251 e. The Bertz CT molecular complexity index is 762.